The molecule has 26 heavy (non-hydrogen) atoms. The molecule has 0 aliphatic carbocycles. The maximum Gasteiger partial charge on any atom is 0.251 e. The summed E-state index contributed by atoms with van der Waals surface area (Å²) in [4.78, 5) is 13.6. The van der Waals surface area contributed by atoms with E-state index in [1.165, 1.54) is 5.56 Å². The van der Waals surface area contributed by atoms with Crippen LogP contribution >= 0.6 is 11.8 Å². The Hall–Kier alpha value is -2.72. The third-order valence-corrected chi connectivity index (χ3v) is 5.17. The minimum Gasteiger partial charge on any atom is -0.508 e. The van der Waals surface area contributed by atoms with Gasteiger partial charge in [-0.05, 0) is 54.4 Å². The Bertz CT molecular complexity index is 863. The highest BCUT2D eigenvalue weighted by atomic mass is 32.2. The van der Waals surface area contributed by atoms with E-state index >= 15 is 0 Å². The second-order valence-electron chi connectivity index (χ2n) is 6.09. The number of phenolic OH excluding ortho intramolecular Hbond substituents is 1. The molecule has 1 amide bonds. The van der Waals surface area contributed by atoms with Crippen LogP contribution in [0.5, 0.6) is 5.75 Å². The third-order valence-electron chi connectivity index (χ3n) is 4.08. The molecule has 0 radical (unpaired) electrons. The maximum absolute atomic E-state index is 12.4. The van der Waals surface area contributed by atoms with Gasteiger partial charge in [0.25, 0.3) is 5.91 Å². The molecular weight excluding hydrogens is 342 g/mol. The Kier molecular flexibility index (Phi) is 5.97. The number of hydrogen-bond acceptors (Lipinski definition) is 3. The van der Waals surface area contributed by atoms with Crippen molar-refractivity contribution in [2.24, 2.45) is 0 Å². The summed E-state index contributed by atoms with van der Waals surface area (Å²) in [6.45, 7) is 1.90. The van der Waals surface area contributed by atoms with Crippen molar-refractivity contribution >= 4 is 17.7 Å². The zero-order valence-corrected chi connectivity index (χ0v) is 15.4. The molecule has 3 aromatic carbocycles. The van der Waals surface area contributed by atoms with Gasteiger partial charge < -0.3 is 10.4 Å². The van der Waals surface area contributed by atoms with Crippen molar-refractivity contribution < 1.29 is 9.90 Å². The van der Waals surface area contributed by atoms with Gasteiger partial charge in [-0.25, -0.2) is 0 Å². The number of carbonyl (C=O) groups excluding carboxylic acids is 1. The molecule has 0 aromatic heterocycles. The minimum atomic E-state index is -0.179. The van der Waals surface area contributed by atoms with E-state index in [0.717, 1.165) is 16.2 Å². The Labute approximate surface area is 158 Å². The van der Waals surface area contributed by atoms with E-state index in [1.807, 2.05) is 55.5 Å². The lowest BCUT2D eigenvalue weighted by Crippen LogP contribution is -2.26. The zero-order valence-electron chi connectivity index (χ0n) is 14.6. The van der Waals surface area contributed by atoms with Gasteiger partial charge in [0.05, 0.1) is 6.04 Å². The normalized spacial score (nSPS) is 11.7. The van der Waals surface area contributed by atoms with E-state index in [2.05, 4.69) is 17.4 Å². The molecule has 3 rings (SSSR count). The smallest absolute Gasteiger partial charge is 0.251 e. The molecule has 0 bridgehead atoms. The van der Waals surface area contributed by atoms with Gasteiger partial charge in [0, 0.05) is 16.2 Å². The number of thioether (sulfide) groups is 1. The molecule has 0 spiro atoms. The SMILES string of the molecule is CC(NC(=O)c1ccc(SCc2ccccc2)cc1)c1cccc(O)c1. The van der Waals surface area contributed by atoms with E-state index < -0.39 is 0 Å². The number of amides is 1. The lowest BCUT2D eigenvalue weighted by Gasteiger charge is -2.15. The van der Waals surface area contributed by atoms with Gasteiger partial charge in [-0.15, -0.1) is 11.8 Å². The Balaban J connectivity index is 1.58. The van der Waals surface area contributed by atoms with Crippen LogP contribution in [-0.2, 0) is 5.75 Å². The number of hydrogen-bond donors (Lipinski definition) is 2. The summed E-state index contributed by atoms with van der Waals surface area (Å²) in [5, 5.41) is 12.5. The molecule has 0 saturated heterocycles. The van der Waals surface area contributed by atoms with E-state index in [9.17, 15) is 9.90 Å². The van der Waals surface area contributed by atoms with Crippen LogP contribution in [0.3, 0.4) is 0 Å². The van der Waals surface area contributed by atoms with Crippen LogP contribution < -0.4 is 5.32 Å². The number of phenols is 1. The van der Waals surface area contributed by atoms with Crippen molar-refractivity contribution in [2.45, 2.75) is 23.6 Å². The highest BCUT2D eigenvalue weighted by Gasteiger charge is 2.12. The van der Waals surface area contributed by atoms with Crippen molar-refractivity contribution in [3.8, 4) is 5.75 Å². The summed E-state index contributed by atoms with van der Waals surface area (Å²) in [6, 6.07) is 24.7. The topological polar surface area (TPSA) is 49.3 Å². The Morgan fingerprint density at radius 3 is 2.42 bits per heavy atom. The van der Waals surface area contributed by atoms with Crippen molar-refractivity contribution in [1.29, 1.82) is 0 Å². The van der Waals surface area contributed by atoms with E-state index in [0.29, 0.717) is 5.56 Å². The van der Waals surface area contributed by atoms with Gasteiger partial charge in [-0.2, -0.15) is 0 Å². The number of benzene rings is 3. The van der Waals surface area contributed by atoms with Gasteiger partial charge in [0.1, 0.15) is 5.75 Å². The predicted molar refractivity (Wildman–Crippen MR) is 106 cm³/mol. The van der Waals surface area contributed by atoms with Gasteiger partial charge in [-0.3, -0.25) is 4.79 Å². The lowest BCUT2D eigenvalue weighted by molar-refractivity contribution is 0.0939. The molecular formula is C22H21NO2S. The monoisotopic (exact) mass is 363 g/mol. The van der Waals surface area contributed by atoms with E-state index in [1.54, 1.807) is 30.0 Å². The molecule has 3 aromatic rings. The quantitative estimate of drug-likeness (QED) is 0.594. The zero-order chi connectivity index (χ0) is 18.4. The highest BCUT2D eigenvalue weighted by Crippen LogP contribution is 2.23. The second kappa shape index (κ2) is 8.59. The first-order valence-electron chi connectivity index (χ1n) is 8.48. The van der Waals surface area contributed by atoms with Gasteiger partial charge in [0.2, 0.25) is 0 Å². The molecule has 132 valence electrons. The molecule has 0 heterocycles. The van der Waals surface area contributed by atoms with Gasteiger partial charge >= 0.3 is 0 Å². The fourth-order valence-electron chi connectivity index (χ4n) is 2.60. The third kappa shape index (κ3) is 4.90. The summed E-state index contributed by atoms with van der Waals surface area (Å²) >= 11 is 1.75. The largest absolute Gasteiger partial charge is 0.508 e. The summed E-state index contributed by atoms with van der Waals surface area (Å²) in [6.07, 6.45) is 0. The summed E-state index contributed by atoms with van der Waals surface area (Å²) in [5.41, 5.74) is 2.77. The average molecular weight is 363 g/mol. The Morgan fingerprint density at radius 2 is 1.73 bits per heavy atom. The number of nitrogens with one attached hydrogen (secondary N) is 1. The van der Waals surface area contributed by atoms with Gasteiger partial charge in [0.15, 0.2) is 0 Å². The molecule has 1 atom stereocenters. The van der Waals surface area contributed by atoms with Crippen LogP contribution in [-0.4, -0.2) is 11.0 Å². The first kappa shape index (κ1) is 18.1. The van der Waals surface area contributed by atoms with Crippen LogP contribution in [0.15, 0.2) is 83.8 Å². The molecule has 1 unspecified atom stereocenters. The van der Waals surface area contributed by atoms with E-state index in [4.69, 9.17) is 0 Å². The molecule has 0 saturated carbocycles. The number of rotatable bonds is 6. The average Bonchev–Trinajstić information content (AvgIpc) is 2.67. The van der Waals surface area contributed by atoms with Crippen molar-refractivity contribution in [3.05, 3.63) is 95.6 Å². The van der Waals surface area contributed by atoms with Crippen LogP contribution in [0.25, 0.3) is 0 Å². The van der Waals surface area contributed by atoms with Crippen molar-refractivity contribution in [2.75, 3.05) is 0 Å². The maximum atomic E-state index is 12.4. The van der Waals surface area contributed by atoms with Crippen molar-refractivity contribution in [1.82, 2.24) is 5.32 Å². The number of aromatic hydroxyl groups is 1. The van der Waals surface area contributed by atoms with Crippen LogP contribution in [0.1, 0.15) is 34.5 Å². The highest BCUT2D eigenvalue weighted by molar-refractivity contribution is 7.98. The minimum absolute atomic E-state index is 0.125. The first-order valence-corrected chi connectivity index (χ1v) is 9.47. The standard InChI is InChI=1S/C22H21NO2S/c1-16(19-8-5-9-20(24)14-19)23-22(25)18-10-12-21(13-11-18)26-15-17-6-3-2-4-7-17/h2-14,16,24H,15H2,1H3,(H,23,25). The molecule has 0 aliphatic rings. The van der Waals surface area contributed by atoms with Crippen molar-refractivity contribution in [3.63, 3.8) is 0 Å². The summed E-state index contributed by atoms with van der Waals surface area (Å²) in [7, 11) is 0. The Morgan fingerprint density at radius 1 is 1.00 bits per heavy atom. The molecule has 0 fully saturated rings. The molecule has 2 N–H and O–H groups in total. The van der Waals surface area contributed by atoms with Gasteiger partial charge in [-0.1, -0.05) is 42.5 Å². The second-order valence-corrected chi connectivity index (χ2v) is 7.14. The molecule has 3 nitrogen and oxygen atoms in total. The fraction of sp³-hybridized carbons (Fsp3) is 0.136. The molecule has 0 aliphatic heterocycles. The first-order chi connectivity index (χ1) is 12.6. The van der Waals surface area contributed by atoms with Crippen LogP contribution in [0, 0.1) is 0 Å². The van der Waals surface area contributed by atoms with Crippen LogP contribution in [0.4, 0.5) is 0 Å². The lowest BCUT2D eigenvalue weighted by atomic mass is 10.1. The fourth-order valence-corrected chi connectivity index (χ4v) is 3.46. The molecule has 4 heteroatoms. The van der Waals surface area contributed by atoms with E-state index in [-0.39, 0.29) is 17.7 Å². The predicted octanol–water partition coefficient (Wildman–Crippen LogP) is 5.18. The number of carbonyl (C=O) groups is 1. The summed E-state index contributed by atoms with van der Waals surface area (Å²) < 4.78 is 0. The van der Waals surface area contributed by atoms with Crippen LogP contribution in [0.2, 0.25) is 0 Å². The summed E-state index contributed by atoms with van der Waals surface area (Å²) in [5.74, 6) is 0.977.